The minimum Gasteiger partial charge on any atom is -0.329 e. The molecule has 2 aromatic carbocycles. The number of halogens is 1. The Bertz CT molecular complexity index is 692. The minimum absolute atomic E-state index is 0.0995. The Balaban J connectivity index is 1.86. The van der Waals surface area contributed by atoms with E-state index in [0.717, 1.165) is 11.3 Å². The number of nitrogens with one attached hydrogen (secondary N) is 3. The third-order valence-electron chi connectivity index (χ3n) is 2.94. The predicted octanol–water partition coefficient (Wildman–Crippen LogP) is 3.32. The fourth-order valence-corrected chi connectivity index (χ4v) is 2.51. The molecule has 0 heterocycles. The number of thiocarbonyl (C=S) groups is 1. The molecule has 2 rings (SSSR count). The van der Waals surface area contributed by atoms with Crippen molar-refractivity contribution in [3.8, 4) is 0 Å². The van der Waals surface area contributed by atoms with Gasteiger partial charge in [0.2, 0.25) is 0 Å². The fraction of sp³-hybridized carbons (Fsp3) is 0.125. The molecule has 23 heavy (non-hydrogen) atoms. The second kappa shape index (κ2) is 8.50. The Morgan fingerprint density at radius 3 is 2.48 bits per heavy atom. The number of anilines is 1. The number of carbonyl (C=O) groups is 1. The molecular formula is C16H16FN3OS2. The zero-order chi connectivity index (χ0) is 16.7. The minimum atomic E-state index is -0.424. The van der Waals surface area contributed by atoms with Crippen molar-refractivity contribution in [3.63, 3.8) is 0 Å². The van der Waals surface area contributed by atoms with Crippen molar-refractivity contribution >= 4 is 40.7 Å². The molecule has 0 bridgehead atoms. The van der Waals surface area contributed by atoms with Crippen LogP contribution in [0.2, 0.25) is 0 Å². The maximum Gasteiger partial charge on any atom is 0.269 e. The Hall–Kier alpha value is -2.12. The highest BCUT2D eigenvalue weighted by molar-refractivity contribution is 7.97. The lowest BCUT2D eigenvalue weighted by Crippen LogP contribution is -2.43. The van der Waals surface area contributed by atoms with Gasteiger partial charge in [0.1, 0.15) is 5.82 Å². The van der Waals surface area contributed by atoms with Crippen LogP contribution in [0.4, 0.5) is 10.1 Å². The SMILES string of the molecule is CSCc1ccc(C(=O)NNC(=S)Nc2ccccc2F)cc1. The standard InChI is InChI=1S/C16H16FN3OS2/c1-23-10-11-6-8-12(9-7-11)15(21)19-20-16(22)18-14-5-3-2-4-13(14)17/h2-9H,10H2,1H3,(H,19,21)(H2,18,20,22). The lowest BCUT2D eigenvalue weighted by molar-refractivity contribution is 0.0944. The summed E-state index contributed by atoms with van der Waals surface area (Å²) in [6, 6.07) is 13.4. The van der Waals surface area contributed by atoms with Gasteiger partial charge < -0.3 is 5.32 Å². The average molecular weight is 349 g/mol. The van der Waals surface area contributed by atoms with E-state index in [2.05, 4.69) is 16.2 Å². The summed E-state index contributed by atoms with van der Waals surface area (Å²) in [7, 11) is 0. The number of hydrogen-bond donors (Lipinski definition) is 3. The molecular weight excluding hydrogens is 333 g/mol. The van der Waals surface area contributed by atoms with Crippen LogP contribution in [0, 0.1) is 5.82 Å². The molecule has 3 N–H and O–H groups in total. The van der Waals surface area contributed by atoms with Crippen LogP contribution in [0.25, 0.3) is 0 Å². The van der Waals surface area contributed by atoms with Crippen molar-refractivity contribution in [2.24, 2.45) is 0 Å². The second-order valence-electron chi connectivity index (χ2n) is 4.64. The number of rotatable bonds is 4. The second-order valence-corrected chi connectivity index (χ2v) is 5.92. The highest BCUT2D eigenvalue weighted by atomic mass is 32.2. The molecule has 0 spiro atoms. The molecule has 0 aliphatic carbocycles. The van der Waals surface area contributed by atoms with Gasteiger partial charge >= 0.3 is 0 Å². The van der Waals surface area contributed by atoms with Gasteiger partial charge in [-0.05, 0) is 48.3 Å². The van der Waals surface area contributed by atoms with Crippen LogP contribution in [-0.2, 0) is 5.75 Å². The van der Waals surface area contributed by atoms with Crippen LogP contribution < -0.4 is 16.2 Å². The summed E-state index contributed by atoms with van der Waals surface area (Å²) in [5, 5.41) is 2.77. The van der Waals surface area contributed by atoms with E-state index in [1.165, 1.54) is 6.07 Å². The number of thioether (sulfide) groups is 1. The summed E-state index contributed by atoms with van der Waals surface area (Å²) in [6.45, 7) is 0. The molecule has 0 aromatic heterocycles. The normalized spacial score (nSPS) is 10.0. The first kappa shape index (κ1) is 17.2. The largest absolute Gasteiger partial charge is 0.329 e. The zero-order valence-corrected chi connectivity index (χ0v) is 14.1. The molecule has 0 atom stereocenters. The van der Waals surface area contributed by atoms with E-state index in [0.29, 0.717) is 5.56 Å². The maximum absolute atomic E-state index is 13.5. The molecule has 0 saturated carbocycles. The van der Waals surface area contributed by atoms with Crippen molar-refractivity contribution < 1.29 is 9.18 Å². The van der Waals surface area contributed by atoms with Gasteiger partial charge in [-0.3, -0.25) is 15.6 Å². The summed E-state index contributed by atoms with van der Waals surface area (Å²) in [4.78, 5) is 12.0. The fourth-order valence-electron chi connectivity index (χ4n) is 1.82. The Morgan fingerprint density at radius 1 is 1.13 bits per heavy atom. The number of benzene rings is 2. The first-order valence-corrected chi connectivity index (χ1v) is 8.60. The highest BCUT2D eigenvalue weighted by Crippen LogP contribution is 2.12. The summed E-state index contributed by atoms with van der Waals surface area (Å²) < 4.78 is 13.5. The van der Waals surface area contributed by atoms with E-state index in [4.69, 9.17) is 12.2 Å². The van der Waals surface area contributed by atoms with Crippen molar-refractivity contribution in [2.45, 2.75) is 5.75 Å². The lowest BCUT2D eigenvalue weighted by Gasteiger charge is -2.12. The van der Waals surface area contributed by atoms with Crippen LogP contribution >= 0.6 is 24.0 Å². The summed E-state index contributed by atoms with van der Waals surface area (Å²) in [5.74, 6) is 0.155. The molecule has 0 radical (unpaired) electrons. The van der Waals surface area contributed by atoms with Crippen LogP contribution in [0.5, 0.6) is 0 Å². The Kier molecular flexibility index (Phi) is 6.37. The Labute approximate surface area is 143 Å². The number of para-hydroxylation sites is 1. The molecule has 2 aromatic rings. The first-order chi connectivity index (χ1) is 11.1. The van der Waals surface area contributed by atoms with Gasteiger partial charge in [-0.25, -0.2) is 4.39 Å². The number of hydrogen-bond acceptors (Lipinski definition) is 3. The van der Waals surface area contributed by atoms with E-state index in [9.17, 15) is 9.18 Å². The average Bonchev–Trinajstić information content (AvgIpc) is 2.56. The highest BCUT2D eigenvalue weighted by Gasteiger charge is 2.07. The van der Waals surface area contributed by atoms with Crippen molar-refractivity contribution in [3.05, 3.63) is 65.5 Å². The van der Waals surface area contributed by atoms with E-state index in [1.54, 1.807) is 42.1 Å². The number of amides is 1. The van der Waals surface area contributed by atoms with E-state index in [-0.39, 0.29) is 16.7 Å². The molecule has 0 aliphatic heterocycles. The molecule has 0 saturated heterocycles. The summed E-state index contributed by atoms with van der Waals surface area (Å²) in [5.41, 5.74) is 6.91. The first-order valence-electron chi connectivity index (χ1n) is 6.80. The van der Waals surface area contributed by atoms with Gasteiger partial charge in [0.25, 0.3) is 5.91 Å². The monoisotopic (exact) mass is 349 g/mol. The topological polar surface area (TPSA) is 53.2 Å². The Morgan fingerprint density at radius 2 is 1.83 bits per heavy atom. The third-order valence-corrected chi connectivity index (χ3v) is 3.76. The van der Waals surface area contributed by atoms with Gasteiger partial charge in [0, 0.05) is 11.3 Å². The smallest absolute Gasteiger partial charge is 0.269 e. The van der Waals surface area contributed by atoms with Crippen LogP contribution in [0.1, 0.15) is 15.9 Å². The number of carbonyl (C=O) groups excluding carboxylic acids is 1. The van der Waals surface area contributed by atoms with Crippen LogP contribution in [-0.4, -0.2) is 17.3 Å². The van der Waals surface area contributed by atoms with Gasteiger partial charge in [-0.15, -0.1) is 0 Å². The molecule has 0 fully saturated rings. The summed E-state index contributed by atoms with van der Waals surface area (Å²) in [6.07, 6.45) is 2.02. The van der Waals surface area contributed by atoms with E-state index < -0.39 is 5.82 Å². The molecule has 0 unspecified atom stereocenters. The van der Waals surface area contributed by atoms with Crippen LogP contribution in [0.15, 0.2) is 48.5 Å². The predicted molar refractivity (Wildman–Crippen MR) is 96.9 cm³/mol. The van der Waals surface area contributed by atoms with Crippen molar-refractivity contribution in [2.75, 3.05) is 11.6 Å². The molecule has 1 amide bonds. The molecule has 4 nitrogen and oxygen atoms in total. The molecule has 120 valence electrons. The number of hydrazine groups is 1. The van der Waals surface area contributed by atoms with Crippen molar-refractivity contribution in [1.82, 2.24) is 10.9 Å². The van der Waals surface area contributed by atoms with Gasteiger partial charge in [-0.1, -0.05) is 24.3 Å². The summed E-state index contributed by atoms with van der Waals surface area (Å²) >= 11 is 6.73. The van der Waals surface area contributed by atoms with E-state index in [1.807, 2.05) is 18.4 Å². The van der Waals surface area contributed by atoms with Gasteiger partial charge in [0.15, 0.2) is 5.11 Å². The maximum atomic E-state index is 13.5. The van der Waals surface area contributed by atoms with Crippen molar-refractivity contribution in [1.29, 1.82) is 0 Å². The molecule has 7 heteroatoms. The quantitative estimate of drug-likeness (QED) is 0.584. The van der Waals surface area contributed by atoms with E-state index >= 15 is 0 Å². The van der Waals surface area contributed by atoms with Gasteiger partial charge in [-0.2, -0.15) is 11.8 Å². The molecule has 0 aliphatic rings. The lowest BCUT2D eigenvalue weighted by atomic mass is 10.1. The third kappa shape index (κ3) is 5.22. The van der Waals surface area contributed by atoms with Gasteiger partial charge in [0.05, 0.1) is 5.69 Å². The zero-order valence-electron chi connectivity index (χ0n) is 12.4. The van der Waals surface area contributed by atoms with Crippen LogP contribution in [0.3, 0.4) is 0 Å².